The Labute approximate surface area is 130 Å². The molecule has 0 aliphatic rings. The molecule has 21 heavy (non-hydrogen) atoms. The van der Waals surface area contributed by atoms with Crippen LogP contribution in [-0.4, -0.2) is 22.2 Å². The summed E-state index contributed by atoms with van der Waals surface area (Å²) in [4.78, 5) is 13.3. The van der Waals surface area contributed by atoms with Crippen molar-refractivity contribution in [2.45, 2.75) is 40.7 Å². The average Bonchev–Trinajstić information content (AvgIpc) is 3.03. The first-order chi connectivity index (χ1) is 9.99. The average molecular weight is 305 g/mol. The molecule has 1 N–H and O–H groups in total. The second-order valence-corrected chi connectivity index (χ2v) is 6.58. The molecular formula is C16H23N3OS. The van der Waals surface area contributed by atoms with E-state index in [0.29, 0.717) is 12.5 Å². The Balaban J connectivity index is 1.84. The van der Waals surface area contributed by atoms with Crippen LogP contribution in [0.3, 0.4) is 0 Å². The molecule has 2 aromatic rings. The smallest absolute Gasteiger partial charge is 0.252 e. The summed E-state index contributed by atoms with van der Waals surface area (Å²) in [5, 5.41) is 9.40. The number of carbonyl (C=O) groups is 1. The molecule has 114 valence electrons. The maximum atomic E-state index is 12.1. The van der Waals surface area contributed by atoms with Crippen LogP contribution >= 0.6 is 11.3 Å². The Kier molecular flexibility index (Phi) is 5.17. The van der Waals surface area contributed by atoms with Crippen molar-refractivity contribution in [3.05, 3.63) is 39.3 Å². The quantitative estimate of drug-likeness (QED) is 0.891. The van der Waals surface area contributed by atoms with Crippen LogP contribution in [-0.2, 0) is 13.0 Å². The van der Waals surface area contributed by atoms with Crippen molar-refractivity contribution in [3.8, 4) is 0 Å². The van der Waals surface area contributed by atoms with E-state index in [1.807, 2.05) is 23.1 Å². The van der Waals surface area contributed by atoms with Crippen LogP contribution in [0.2, 0.25) is 0 Å². The number of rotatable bonds is 6. The van der Waals surface area contributed by atoms with Crippen LogP contribution in [0.4, 0.5) is 0 Å². The van der Waals surface area contributed by atoms with E-state index in [4.69, 9.17) is 0 Å². The number of nitrogens with one attached hydrogen (secondary N) is 1. The lowest BCUT2D eigenvalue weighted by atomic mass is 10.1. The Hall–Kier alpha value is -1.62. The Morgan fingerprint density at radius 1 is 1.43 bits per heavy atom. The molecular weight excluding hydrogens is 282 g/mol. The third kappa shape index (κ3) is 4.17. The van der Waals surface area contributed by atoms with E-state index in [-0.39, 0.29) is 5.91 Å². The van der Waals surface area contributed by atoms with Gasteiger partial charge in [0.2, 0.25) is 0 Å². The van der Waals surface area contributed by atoms with Gasteiger partial charge in [-0.05, 0) is 38.3 Å². The number of hydrogen-bond acceptors (Lipinski definition) is 3. The van der Waals surface area contributed by atoms with Gasteiger partial charge in [0.05, 0.1) is 11.3 Å². The van der Waals surface area contributed by atoms with Gasteiger partial charge in [0.1, 0.15) is 0 Å². The maximum Gasteiger partial charge on any atom is 0.252 e. The summed E-state index contributed by atoms with van der Waals surface area (Å²) in [6.45, 7) is 9.77. The van der Waals surface area contributed by atoms with Gasteiger partial charge in [0.25, 0.3) is 5.91 Å². The number of amides is 1. The molecule has 0 radical (unpaired) electrons. The fraction of sp³-hybridized carbons (Fsp3) is 0.500. The number of nitrogens with zero attached hydrogens (tertiary/aromatic N) is 2. The topological polar surface area (TPSA) is 46.9 Å². The van der Waals surface area contributed by atoms with Crippen LogP contribution in [0, 0.1) is 19.8 Å². The highest BCUT2D eigenvalue weighted by atomic mass is 32.1. The van der Waals surface area contributed by atoms with Gasteiger partial charge >= 0.3 is 0 Å². The molecule has 0 fully saturated rings. The lowest BCUT2D eigenvalue weighted by Crippen LogP contribution is -2.30. The highest BCUT2D eigenvalue weighted by molar-refractivity contribution is 7.10. The number of carbonyl (C=O) groups excluding carboxylic acids is 1. The minimum absolute atomic E-state index is 0.0196. The van der Waals surface area contributed by atoms with Crippen molar-refractivity contribution in [2.24, 2.45) is 5.92 Å². The maximum absolute atomic E-state index is 12.1. The van der Waals surface area contributed by atoms with Gasteiger partial charge < -0.3 is 5.32 Å². The Morgan fingerprint density at radius 2 is 2.19 bits per heavy atom. The van der Waals surface area contributed by atoms with E-state index >= 15 is 0 Å². The van der Waals surface area contributed by atoms with Crippen molar-refractivity contribution >= 4 is 17.2 Å². The zero-order valence-electron chi connectivity index (χ0n) is 13.1. The van der Waals surface area contributed by atoms with Gasteiger partial charge in [-0.3, -0.25) is 9.48 Å². The third-order valence-electron chi connectivity index (χ3n) is 3.46. The molecule has 0 spiro atoms. The van der Waals surface area contributed by atoms with E-state index in [1.165, 1.54) is 4.88 Å². The van der Waals surface area contributed by atoms with E-state index < -0.39 is 0 Å². The lowest BCUT2D eigenvalue weighted by Gasteiger charge is -2.13. The van der Waals surface area contributed by atoms with Crippen molar-refractivity contribution in [1.82, 2.24) is 15.1 Å². The molecule has 5 heteroatoms. The summed E-state index contributed by atoms with van der Waals surface area (Å²) < 4.78 is 2.01. The highest BCUT2D eigenvalue weighted by Gasteiger charge is 2.11. The second kappa shape index (κ2) is 6.89. The predicted octanol–water partition coefficient (Wildman–Crippen LogP) is 3.19. The summed E-state index contributed by atoms with van der Waals surface area (Å²) in [6, 6.07) is 4.05. The molecule has 0 bridgehead atoms. The van der Waals surface area contributed by atoms with Crippen molar-refractivity contribution in [3.63, 3.8) is 0 Å². The lowest BCUT2D eigenvalue weighted by molar-refractivity contribution is 0.0947. The van der Waals surface area contributed by atoms with Gasteiger partial charge in [0, 0.05) is 29.0 Å². The number of aryl methyl sites for hydroxylation is 3. The first-order valence-corrected chi connectivity index (χ1v) is 8.24. The fourth-order valence-electron chi connectivity index (χ4n) is 2.27. The molecule has 0 saturated heterocycles. The van der Waals surface area contributed by atoms with E-state index in [9.17, 15) is 4.79 Å². The monoisotopic (exact) mass is 305 g/mol. The molecule has 0 aliphatic carbocycles. The van der Waals surface area contributed by atoms with Crippen LogP contribution in [0.5, 0.6) is 0 Å². The highest BCUT2D eigenvalue weighted by Crippen LogP contribution is 2.15. The number of thiophene rings is 1. The standard InChI is InChI=1S/C16H23N3OS/c1-5-15-7-14(10-21-15)16(20)17-8-11(2)9-19-13(4)6-12(3)18-19/h6-7,10-11H,5,8-9H2,1-4H3,(H,17,20). The normalized spacial score (nSPS) is 12.4. The van der Waals surface area contributed by atoms with Gasteiger partial charge in [-0.15, -0.1) is 11.3 Å². The molecule has 0 aromatic carbocycles. The molecule has 1 amide bonds. The molecule has 2 rings (SSSR count). The predicted molar refractivity (Wildman–Crippen MR) is 86.9 cm³/mol. The molecule has 0 aliphatic heterocycles. The van der Waals surface area contributed by atoms with Crippen LogP contribution in [0.25, 0.3) is 0 Å². The van der Waals surface area contributed by atoms with Crippen molar-refractivity contribution in [1.29, 1.82) is 0 Å². The summed E-state index contributed by atoms with van der Waals surface area (Å²) in [5.41, 5.74) is 2.97. The summed E-state index contributed by atoms with van der Waals surface area (Å²) in [7, 11) is 0. The Bertz CT molecular complexity index is 615. The van der Waals surface area contributed by atoms with E-state index in [2.05, 4.69) is 37.3 Å². The first kappa shape index (κ1) is 15.8. The zero-order valence-corrected chi connectivity index (χ0v) is 14.0. The number of aromatic nitrogens is 2. The molecule has 2 aromatic heterocycles. The molecule has 0 saturated carbocycles. The first-order valence-electron chi connectivity index (χ1n) is 7.36. The van der Waals surface area contributed by atoms with Gasteiger partial charge in [0.15, 0.2) is 0 Å². The minimum atomic E-state index is 0.0196. The summed E-state index contributed by atoms with van der Waals surface area (Å²) in [6.07, 6.45) is 0.978. The van der Waals surface area contributed by atoms with Gasteiger partial charge in [-0.1, -0.05) is 13.8 Å². The largest absolute Gasteiger partial charge is 0.352 e. The zero-order chi connectivity index (χ0) is 15.4. The minimum Gasteiger partial charge on any atom is -0.352 e. The van der Waals surface area contributed by atoms with Crippen LogP contribution < -0.4 is 5.32 Å². The second-order valence-electron chi connectivity index (χ2n) is 5.58. The fourth-order valence-corrected chi connectivity index (χ4v) is 3.09. The van der Waals surface area contributed by atoms with Crippen molar-refractivity contribution < 1.29 is 4.79 Å². The van der Waals surface area contributed by atoms with Gasteiger partial charge in [-0.25, -0.2) is 0 Å². The van der Waals surface area contributed by atoms with E-state index in [1.54, 1.807) is 11.3 Å². The van der Waals surface area contributed by atoms with E-state index in [0.717, 1.165) is 29.9 Å². The SMILES string of the molecule is CCc1cc(C(=O)NCC(C)Cn2nc(C)cc2C)cs1. The molecule has 1 atom stereocenters. The number of hydrogen-bond donors (Lipinski definition) is 1. The molecule has 4 nitrogen and oxygen atoms in total. The summed E-state index contributed by atoms with van der Waals surface area (Å²) >= 11 is 1.64. The van der Waals surface area contributed by atoms with Crippen molar-refractivity contribution in [2.75, 3.05) is 6.54 Å². The van der Waals surface area contributed by atoms with Gasteiger partial charge in [-0.2, -0.15) is 5.10 Å². The van der Waals surface area contributed by atoms with Crippen LogP contribution in [0.1, 0.15) is 40.5 Å². The van der Waals surface area contributed by atoms with Crippen LogP contribution in [0.15, 0.2) is 17.5 Å². The molecule has 2 heterocycles. The Morgan fingerprint density at radius 3 is 2.76 bits per heavy atom. The summed E-state index contributed by atoms with van der Waals surface area (Å²) in [5.74, 6) is 0.363. The molecule has 1 unspecified atom stereocenters. The third-order valence-corrected chi connectivity index (χ3v) is 4.54.